The van der Waals surface area contributed by atoms with Gasteiger partial charge < -0.3 is 0 Å². The van der Waals surface area contributed by atoms with Crippen LogP contribution in [0.2, 0.25) is 0 Å². The normalized spacial score (nSPS) is 11.6. The van der Waals surface area contributed by atoms with Crippen molar-refractivity contribution in [1.29, 1.82) is 0 Å². The van der Waals surface area contributed by atoms with Crippen LogP contribution in [0.25, 0.3) is 0 Å². The van der Waals surface area contributed by atoms with Gasteiger partial charge in [0.15, 0.2) is 11.5 Å². The van der Waals surface area contributed by atoms with Crippen LogP contribution < -0.4 is 4.72 Å². The van der Waals surface area contributed by atoms with Crippen LogP contribution in [0.1, 0.15) is 41.5 Å². The molecule has 1 aromatic heterocycles. The molecule has 0 aliphatic rings. The lowest BCUT2D eigenvalue weighted by Gasteiger charge is -2.13. The molecule has 1 N–H and O–H groups in total. The molecule has 0 saturated carbocycles. The summed E-state index contributed by atoms with van der Waals surface area (Å²) in [4.78, 5) is 12.9. The minimum atomic E-state index is -3.90. The SMILES string of the molecule is Cc1ccc(S(=O)(=O)Nc2c(C(=O)c3ccccc3)nnn2C(C)C)cc1. The maximum atomic E-state index is 12.8. The highest BCUT2D eigenvalue weighted by Crippen LogP contribution is 2.24. The maximum absolute atomic E-state index is 12.8. The number of carbonyl (C=O) groups excluding carboxylic acids is 1. The van der Waals surface area contributed by atoms with E-state index < -0.39 is 15.8 Å². The van der Waals surface area contributed by atoms with Crippen molar-refractivity contribution in [3.05, 3.63) is 71.4 Å². The van der Waals surface area contributed by atoms with E-state index >= 15 is 0 Å². The second-order valence-corrected chi connectivity index (χ2v) is 8.12. The summed E-state index contributed by atoms with van der Waals surface area (Å²) < 4.78 is 29.5. The van der Waals surface area contributed by atoms with Crippen molar-refractivity contribution in [3.8, 4) is 0 Å². The van der Waals surface area contributed by atoms with Crippen molar-refractivity contribution in [1.82, 2.24) is 15.0 Å². The third-order valence-corrected chi connectivity index (χ3v) is 5.35. The van der Waals surface area contributed by atoms with E-state index in [0.29, 0.717) is 5.56 Å². The first-order valence-corrected chi connectivity index (χ1v) is 9.92. The molecular weight excluding hydrogens is 364 g/mol. The number of hydrogen-bond donors (Lipinski definition) is 1. The quantitative estimate of drug-likeness (QED) is 0.659. The number of carbonyl (C=O) groups is 1. The van der Waals surface area contributed by atoms with Crippen molar-refractivity contribution < 1.29 is 13.2 Å². The molecule has 0 spiro atoms. The second-order valence-electron chi connectivity index (χ2n) is 6.44. The molecule has 3 rings (SSSR count). The van der Waals surface area contributed by atoms with Gasteiger partial charge in [-0.1, -0.05) is 53.2 Å². The topological polar surface area (TPSA) is 93.9 Å². The minimum Gasteiger partial charge on any atom is -0.287 e. The first kappa shape index (κ1) is 18.8. The highest BCUT2D eigenvalue weighted by atomic mass is 32.2. The van der Waals surface area contributed by atoms with Gasteiger partial charge in [-0.2, -0.15) is 0 Å². The zero-order valence-electron chi connectivity index (χ0n) is 15.2. The number of nitrogens with zero attached hydrogens (tertiary/aromatic N) is 3. The van der Waals surface area contributed by atoms with Gasteiger partial charge in [-0.15, -0.1) is 5.10 Å². The largest absolute Gasteiger partial charge is 0.287 e. The smallest absolute Gasteiger partial charge is 0.263 e. The number of sulfonamides is 1. The Morgan fingerprint density at radius 1 is 1.04 bits per heavy atom. The molecule has 0 atom stereocenters. The van der Waals surface area contributed by atoms with Crippen LogP contribution in [0.15, 0.2) is 59.5 Å². The predicted octanol–water partition coefficient (Wildman–Crippen LogP) is 3.20. The van der Waals surface area contributed by atoms with Crippen LogP contribution in [0.4, 0.5) is 5.82 Å². The summed E-state index contributed by atoms with van der Waals surface area (Å²) in [6.07, 6.45) is 0. The fraction of sp³-hybridized carbons (Fsp3) is 0.211. The highest BCUT2D eigenvalue weighted by Gasteiger charge is 2.26. The van der Waals surface area contributed by atoms with Crippen LogP contribution in [0, 0.1) is 6.92 Å². The van der Waals surface area contributed by atoms with E-state index in [2.05, 4.69) is 15.0 Å². The molecule has 3 aromatic rings. The molecule has 0 aliphatic heterocycles. The number of nitrogens with one attached hydrogen (secondary N) is 1. The number of hydrogen-bond acceptors (Lipinski definition) is 5. The Morgan fingerprint density at radius 3 is 2.26 bits per heavy atom. The van der Waals surface area contributed by atoms with Gasteiger partial charge >= 0.3 is 0 Å². The zero-order chi connectivity index (χ0) is 19.6. The first-order chi connectivity index (χ1) is 12.8. The van der Waals surface area contributed by atoms with Crippen LogP contribution in [-0.4, -0.2) is 29.2 Å². The number of aryl methyl sites for hydroxylation is 1. The Labute approximate surface area is 158 Å². The van der Waals surface area contributed by atoms with Crippen molar-refractivity contribution in [2.75, 3.05) is 4.72 Å². The van der Waals surface area contributed by atoms with E-state index in [1.165, 1.54) is 16.8 Å². The van der Waals surface area contributed by atoms with Gasteiger partial charge in [-0.25, -0.2) is 13.1 Å². The molecule has 0 aliphatic carbocycles. The van der Waals surface area contributed by atoms with Gasteiger partial charge in [0.25, 0.3) is 10.0 Å². The third-order valence-electron chi connectivity index (χ3n) is 4.00. The van der Waals surface area contributed by atoms with Crippen molar-refractivity contribution >= 4 is 21.6 Å². The number of ketones is 1. The monoisotopic (exact) mass is 384 g/mol. The number of rotatable bonds is 6. The van der Waals surface area contributed by atoms with E-state index in [0.717, 1.165) is 5.56 Å². The fourth-order valence-electron chi connectivity index (χ4n) is 2.53. The van der Waals surface area contributed by atoms with Crippen LogP contribution >= 0.6 is 0 Å². The molecule has 0 amide bonds. The van der Waals surface area contributed by atoms with Crippen LogP contribution in [0.3, 0.4) is 0 Å². The van der Waals surface area contributed by atoms with Gasteiger partial charge in [0.05, 0.1) is 10.9 Å². The number of benzene rings is 2. The van der Waals surface area contributed by atoms with Crippen molar-refractivity contribution in [2.45, 2.75) is 31.7 Å². The summed E-state index contributed by atoms with van der Waals surface area (Å²) in [6, 6.07) is 14.8. The average Bonchev–Trinajstić information content (AvgIpc) is 3.05. The molecule has 0 unspecified atom stereocenters. The Balaban J connectivity index is 2.05. The highest BCUT2D eigenvalue weighted by molar-refractivity contribution is 7.92. The molecule has 0 fully saturated rings. The van der Waals surface area contributed by atoms with Crippen molar-refractivity contribution in [2.24, 2.45) is 0 Å². The molecule has 27 heavy (non-hydrogen) atoms. The first-order valence-electron chi connectivity index (χ1n) is 8.44. The molecular formula is C19H20N4O3S. The Kier molecular flexibility index (Phi) is 5.09. The van der Waals surface area contributed by atoms with E-state index in [1.54, 1.807) is 42.5 Å². The molecule has 8 heteroatoms. The summed E-state index contributed by atoms with van der Waals surface area (Å²) in [5, 5.41) is 7.92. The van der Waals surface area contributed by atoms with Gasteiger partial charge in [-0.05, 0) is 32.9 Å². The zero-order valence-corrected chi connectivity index (χ0v) is 16.1. The van der Waals surface area contributed by atoms with Crippen LogP contribution in [-0.2, 0) is 10.0 Å². The van der Waals surface area contributed by atoms with Gasteiger partial charge in [-0.3, -0.25) is 9.52 Å². The number of aromatic nitrogens is 3. The lowest BCUT2D eigenvalue weighted by molar-refractivity contribution is 0.103. The Bertz CT molecular complexity index is 1060. The van der Waals surface area contributed by atoms with Gasteiger partial charge in [0, 0.05) is 5.56 Å². The molecule has 0 saturated heterocycles. The fourth-order valence-corrected chi connectivity index (χ4v) is 3.59. The maximum Gasteiger partial charge on any atom is 0.263 e. The number of anilines is 1. The van der Waals surface area contributed by atoms with E-state index in [4.69, 9.17) is 0 Å². The Morgan fingerprint density at radius 2 is 1.67 bits per heavy atom. The minimum absolute atomic E-state index is 0.0365. The molecule has 1 heterocycles. The summed E-state index contributed by atoms with van der Waals surface area (Å²) in [7, 11) is -3.90. The van der Waals surface area contributed by atoms with Crippen molar-refractivity contribution in [3.63, 3.8) is 0 Å². The lowest BCUT2D eigenvalue weighted by Crippen LogP contribution is -2.19. The van der Waals surface area contributed by atoms with E-state index in [-0.39, 0.29) is 22.4 Å². The van der Waals surface area contributed by atoms with Crippen LogP contribution in [0.5, 0.6) is 0 Å². The molecule has 0 radical (unpaired) electrons. The van der Waals surface area contributed by atoms with E-state index in [1.807, 2.05) is 20.8 Å². The Hall–Kier alpha value is -3.00. The summed E-state index contributed by atoms with van der Waals surface area (Å²) >= 11 is 0. The van der Waals surface area contributed by atoms with Gasteiger partial charge in [0.1, 0.15) is 0 Å². The molecule has 140 valence electrons. The van der Waals surface area contributed by atoms with Gasteiger partial charge in [0.2, 0.25) is 5.78 Å². The standard InChI is InChI=1S/C19H20N4O3S/c1-13(2)23-19(21-27(25,26)16-11-9-14(3)10-12-16)17(20-22-23)18(24)15-7-5-4-6-8-15/h4-13,21H,1-3H3. The predicted molar refractivity (Wildman–Crippen MR) is 102 cm³/mol. The second kappa shape index (κ2) is 7.32. The summed E-state index contributed by atoms with van der Waals surface area (Å²) in [5.74, 6) is -0.344. The molecule has 0 bridgehead atoms. The third kappa shape index (κ3) is 3.90. The van der Waals surface area contributed by atoms with E-state index in [9.17, 15) is 13.2 Å². The lowest BCUT2D eigenvalue weighted by atomic mass is 10.1. The molecule has 7 nitrogen and oxygen atoms in total. The summed E-state index contributed by atoms with van der Waals surface area (Å²) in [6.45, 7) is 5.53. The average molecular weight is 384 g/mol. The summed E-state index contributed by atoms with van der Waals surface area (Å²) in [5.41, 5.74) is 1.32. The molecule has 2 aromatic carbocycles.